The number of nitro benzene ring substituents is 3. The molecule has 83 heavy (non-hydrogen) atoms. The second-order valence-electron chi connectivity index (χ2n) is 17.7. The number of para-hydroxylation sites is 5. The van der Waals surface area contributed by atoms with Gasteiger partial charge in [0.25, 0.3) is 23.0 Å². The maximum atomic E-state index is 11.6. The van der Waals surface area contributed by atoms with E-state index in [9.17, 15) is 73.6 Å². The van der Waals surface area contributed by atoms with Gasteiger partial charge in [0.1, 0.15) is 16.4 Å². The Morgan fingerprint density at radius 2 is 0.916 bits per heavy atom. The van der Waals surface area contributed by atoms with Crippen molar-refractivity contribution in [2.45, 2.75) is 38.8 Å². The Morgan fingerprint density at radius 1 is 0.530 bits per heavy atom. The van der Waals surface area contributed by atoms with E-state index in [-0.39, 0.29) is 48.9 Å². The average Bonchev–Trinajstić information content (AvgIpc) is 3.43. The van der Waals surface area contributed by atoms with Crippen LogP contribution in [-0.4, -0.2) is 127 Å². The molecule has 6 aromatic rings. The van der Waals surface area contributed by atoms with Gasteiger partial charge in [0.2, 0.25) is 5.78 Å². The number of carbonyl (C=O) groups excluding carboxylic acids is 2. The van der Waals surface area contributed by atoms with Gasteiger partial charge in [-0.15, -0.1) is 0 Å². The highest BCUT2D eigenvalue weighted by molar-refractivity contribution is 9.11. The minimum Gasteiger partial charge on any atom is -0.397 e. The van der Waals surface area contributed by atoms with Gasteiger partial charge in [0, 0.05) is 100 Å². The zero-order valence-electron chi connectivity index (χ0n) is 45.8. The Labute approximate surface area is 502 Å². The van der Waals surface area contributed by atoms with Crippen molar-refractivity contribution in [3.63, 3.8) is 0 Å². The number of hydrogen-bond donors (Lipinski definition) is 4. The fourth-order valence-electron chi connectivity index (χ4n) is 7.95. The summed E-state index contributed by atoms with van der Waals surface area (Å²) in [7, 11) is -5.13. The number of nitrogens with one attached hydrogen (secondary N) is 3. The molecule has 0 atom stereocenters. The molecule has 32 heteroatoms. The monoisotopic (exact) mass is 1370 g/mol. The van der Waals surface area contributed by atoms with Gasteiger partial charge in [-0.1, -0.05) is 60.1 Å². The van der Waals surface area contributed by atoms with Gasteiger partial charge in [-0.05, 0) is 98.3 Å². The summed E-state index contributed by atoms with van der Waals surface area (Å²) in [5.41, 5.74) is 9.69. The lowest BCUT2D eigenvalue weighted by Gasteiger charge is -2.29. The molecule has 0 bridgehead atoms. The van der Waals surface area contributed by atoms with Crippen LogP contribution in [0.4, 0.5) is 51.2 Å². The van der Waals surface area contributed by atoms with E-state index in [0.29, 0.717) is 42.2 Å². The summed E-state index contributed by atoms with van der Waals surface area (Å²) in [4.78, 5) is 56.6. The number of aryl methyl sites for hydroxylation is 1. The molecule has 8 rings (SSSR count). The first-order valence-electron chi connectivity index (χ1n) is 23.7. The maximum Gasteiger partial charge on any atom is 0.294 e. The van der Waals surface area contributed by atoms with Gasteiger partial charge in [-0.2, -0.15) is 0 Å². The molecule has 2 aliphatic rings. The van der Waals surface area contributed by atoms with Crippen LogP contribution in [0.2, 0.25) is 5.02 Å². The van der Waals surface area contributed by atoms with Gasteiger partial charge in [0.15, 0.2) is 39.3 Å². The number of benzene rings is 6. The number of hydrogen-bond acceptors (Lipinski definition) is 21. The molecule has 0 aromatic heterocycles. The van der Waals surface area contributed by atoms with Crippen LogP contribution in [0.3, 0.4) is 0 Å². The standard InChI is InChI=1S/C11H11NO4S.C11H15NO2S.C8H10N2O4S.C8H12N2O2S.C7H7BrN2O2.C6H3BrClNO2/c1-12-10-7(6-8(13)11(12)14)4-3-5-9(10)17(2,15)16;1-12-8-4-6-9-5-3-7-10(11(9)12)15(2,13)14;1-9-8-6(10(11)12)4-3-5-7(8)15(2,13)14;1-10-8-6(9)4-3-5-7(8)13(2,11)12;1-9-7-5(8)3-2-4-6(7)10(11)12;7-4-2-1-3-5(6(4)8)9(10)11/h3-5H,6H2,1-2H3;3,5,7H,4,6,8H2,1-2H3;3-5,9H,1-2H3;3-5,10H,9H2,1-2H3;2-4,9H,1H3;1-3H. The number of fused-ring (bicyclic) bond motifs is 2. The number of Topliss-reactive ketones (excluding diaryl/α,β-unsaturated/α-hetero) is 1. The third-order valence-electron chi connectivity index (χ3n) is 11.6. The molecule has 6 aromatic carbocycles. The minimum atomic E-state index is -3.47. The summed E-state index contributed by atoms with van der Waals surface area (Å²) in [5.74, 6) is -1.20. The average molecular weight is 1380 g/mol. The maximum absolute atomic E-state index is 11.6. The van der Waals surface area contributed by atoms with E-state index in [1.807, 2.05) is 24.1 Å². The quantitative estimate of drug-likeness (QED) is 0.0430. The van der Waals surface area contributed by atoms with Gasteiger partial charge < -0.3 is 31.5 Å². The van der Waals surface area contributed by atoms with Crippen molar-refractivity contribution in [1.82, 2.24) is 0 Å². The summed E-state index contributed by atoms with van der Waals surface area (Å²) in [6.07, 6.45) is 6.54. The van der Waals surface area contributed by atoms with E-state index < -0.39 is 65.8 Å². The highest BCUT2D eigenvalue weighted by atomic mass is 79.9. The predicted molar refractivity (Wildman–Crippen MR) is 328 cm³/mol. The first kappa shape index (κ1) is 70.0. The van der Waals surface area contributed by atoms with Crippen LogP contribution in [0.25, 0.3) is 0 Å². The number of anilines is 6. The van der Waals surface area contributed by atoms with Crippen LogP contribution in [0, 0.1) is 30.3 Å². The number of amides is 1. The van der Waals surface area contributed by atoms with Crippen LogP contribution in [-0.2, 0) is 61.8 Å². The largest absolute Gasteiger partial charge is 0.397 e. The van der Waals surface area contributed by atoms with Crippen LogP contribution in [0.5, 0.6) is 0 Å². The van der Waals surface area contributed by atoms with Crippen LogP contribution in [0.15, 0.2) is 138 Å². The van der Waals surface area contributed by atoms with Gasteiger partial charge in [-0.3, -0.25) is 39.9 Å². The molecule has 0 fully saturated rings. The van der Waals surface area contributed by atoms with E-state index in [0.717, 1.165) is 54.3 Å². The molecule has 5 N–H and O–H groups in total. The molecular weight excluding hydrogens is 1320 g/mol. The third kappa shape index (κ3) is 18.9. The molecule has 0 radical (unpaired) electrons. The van der Waals surface area contributed by atoms with Crippen molar-refractivity contribution >= 4 is 146 Å². The Morgan fingerprint density at radius 3 is 1.35 bits per heavy atom. The Kier molecular flexibility index (Phi) is 25.1. The molecular formula is C51H58Br2ClN9O16S4. The molecule has 0 spiro atoms. The molecule has 0 aliphatic carbocycles. The Hall–Kier alpha value is -7.29. The topological polar surface area (TPSA) is 369 Å². The van der Waals surface area contributed by atoms with Gasteiger partial charge >= 0.3 is 0 Å². The zero-order chi connectivity index (χ0) is 63.1. The third-order valence-corrected chi connectivity index (χ3v) is 18.1. The van der Waals surface area contributed by atoms with Crippen molar-refractivity contribution in [3.8, 4) is 0 Å². The summed E-state index contributed by atoms with van der Waals surface area (Å²) < 4.78 is 92.9. The fraction of sp³-hybridized carbons (Fsp3) is 0.255. The summed E-state index contributed by atoms with van der Waals surface area (Å²) in [6, 6.07) is 28.3. The number of rotatable bonds is 10. The van der Waals surface area contributed by atoms with E-state index in [1.54, 1.807) is 68.7 Å². The lowest BCUT2D eigenvalue weighted by atomic mass is 10.0. The Balaban J connectivity index is 0.000000263. The van der Waals surface area contributed by atoms with Crippen molar-refractivity contribution < 1.29 is 58.0 Å². The smallest absolute Gasteiger partial charge is 0.294 e. The molecule has 0 saturated heterocycles. The number of likely N-dealkylation sites (N-methyl/N-ethyl adjacent to an activating group) is 1. The molecule has 2 heterocycles. The van der Waals surface area contributed by atoms with Crippen LogP contribution < -0.4 is 31.5 Å². The number of ketones is 1. The van der Waals surface area contributed by atoms with Gasteiger partial charge in [-0.25, -0.2) is 33.7 Å². The predicted octanol–water partition coefficient (Wildman–Crippen LogP) is 8.81. The molecule has 0 saturated carbocycles. The second-order valence-corrected chi connectivity index (χ2v) is 27.7. The lowest BCUT2D eigenvalue weighted by molar-refractivity contribution is -0.384. The lowest BCUT2D eigenvalue weighted by Crippen LogP contribution is -2.39. The summed E-state index contributed by atoms with van der Waals surface area (Å²) in [5, 5.41) is 39.6. The highest BCUT2D eigenvalue weighted by Crippen LogP contribution is 2.36. The van der Waals surface area contributed by atoms with E-state index in [2.05, 4.69) is 47.8 Å². The van der Waals surface area contributed by atoms with E-state index in [4.69, 9.17) is 17.3 Å². The zero-order valence-corrected chi connectivity index (χ0v) is 53.0. The highest BCUT2D eigenvalue weighted by Gasteiger charge is 2.32. The molecule has 448 valence electrons. The van der Waals surface area contributed by atoms with Crippen molar-refractivity contribution in [3.05, 3.63) is 165 Å². The van der Waals surface area contributed by atoms with Crippen molar-refractivity contribution in [1.29, 1.82) is 0 Å². The SMILES string of the molecule is CN1C(=O)C(=O)Cc2cccc(S(C)(=O)=O)c21.CN1CCCc2cccc(S(C)(=O)=O)c21.CNc1c(Br)cccc1[N+](=O)[O-].CNc1c(N)cccc1S(C)(=O)=O.CNc1c([N+](=O)[O-])cccc1S(C)(=O)=O.O=[N+]([O-])c1cccc(Br)c1Cl. The number of nitro groups is 3. The number of halogens is 3. The van der Waals surface area contributed by atoms with Crippen molar-refractivity contribution in [2.75, 3.05) is 98.3 Å². The summed E-state index contributed by atoms with van der Waals surface area (Å²) in [6.45, 7) is 0.930. The number of nitrogens with two attached hydrogens (primary N) is 1. The van der Waals surface area contributed by atoms with Crippen LogP contribution >= 0.6 is 43.5 Å². The first-order valence-corrected chi connectivity index (χ1v) is 33.2. The number of nitrogen functional groups attached to an aromatic ring is 1. The Bertz CT molecular complexity index is 3920. The number of carbonyl (C=O) groups is 2. The normalized spacial score (nSPS) is 12.6. The first-order chi connectivity index (χ1) is 38.4. The fourth-order valence-corrected chi connectivity index (χ4v) is 12.8. The molecule has 2 aliphatic heterocycles. The van der Waals surface area contributed by atoms with Crippen LogP contribution in [0.1, 0.15) is 17.5 Å². The van der Waals surface area contributed by atoms with Crippen molar-refractivity contribution in [2.24, 2.45) is 0 Å². The molecule has 25 nitrogen and oxygen atoms in total. The number of sulfone groups is 4. The summed E-state index contributed by atoms with van der Waals surface area (Å²) >= 11 is 11.9. The van der Waals surface area contributed by atoms with E-state index >= 15 is 0 Å². The van der Waals surface area contributed by atoms with E-state index in [1.165, 1.54) is 62.8 Å². The van der Waals surface area contributed by atoms with Gasteiger partial charge in [0.05, 0.1) is 57.1 Å². The second kappa shape index (κ2) is 29.8. The number of nitrogens with zero attached hydrogens (tertiary/aromatic N) is 5. The molecule has 0 unspecified atom stereocenters. The molecule has 1 amide bonds. The minimum absolute atomic E-state index is 0.0185.